The van der Waals surface area contributed by atoms with E-state index in [1.54, 1.807) is 7.11 Å². The molecular weight excluding hydrogens is 282 g/mol. The number of amides is 1. The normalized spacial score (nSPS) is 11.9. The summed E-state index contributed by atoms with van der Waals surface area (Å²) in [6, 6.07) is 12.1. The van der Waals surface area contributed by atoms with Gasteiger partial charge in [-0.05, 0) is 18.6 Å². The topological polar surface area (TPSA) is 73.2 Å². The molecule has 0 saturated heterocycles. The van der Waals surface area contributed by atoms with E-state index >= 15 is 0 Å². The Hall–Kier alpha value is -2.47. The highest BCUT2D eigenvalue weighted by Gasteiger charge is 2.12. The molecule has 1 atom stereocenters. The van der Waals surface area contributed by atoms with Gasteiger partial charge >= 0.3 is 0 Å². The molecule has 2 aromatic rings. The lowest BCUT2D eigenvalue weighted by Crippen LogP contribution is -2.37. The first-order valence-electron chi connectivity index (χ1n) is 7.02. The zero-order valence-electron chi connectivity index (χ0n) is 12.7. The maximum absolute atomic E-state index is 12.1. The van der Waals surface area contributed by atoms with Crippen molar-refractivity contribution in [2.75, 3.05) is 13.7 Å². The summed E-state index contributed by atoms with van der Waals surface area (Å²) < 4.78 is 6.25. The first-order chi connectivity index (χ1) is 10.6. The zero-order chi connectivity index (χ0) is 15.9. The highest BCUT2D eigenvalue weighted by molar-refractivity contribution is 5.92. The fourth-order valence-corrected chi connectivity index (χ4v) is 2.03. The van der Waals surface area contributed by atoms with Crippen molar-refractivity contribution >= 4 is 5.91 Å². The van der Waals surface area contributed by atoms with Crippen molar-refractivity contribution in [2.45, 2.75) is 19.5 Å². The maximum atomic E-state index is 12.1. The molecule has 0 radical (unpaired) electrons. The van der Waals surface area contributed by atoms with E-state index in [4.69, 9.17) is 4.74 Å². The minimum Gasteiger partial charge on any atom is -0.383 e. The maximum Gasteiger partial charge on any atom is 0.272 e. The van der Waals surface area contributed by atoms with Gasteiger partial charge in [-0.15, -0.1) is 0 Å². The molecule has 6 heteroatoms. The number of carbonyl (C=O) groups is 1. The summed E-state index contributed by atoms with van der Waals surface area (Å²) in [6.07, 6.45) is 0. The van der Waals surface area contributed by atoms with Gasteiger partial charge in [-0.3, -0.25) is 9.59 Å². The summed E-state index contributed by atoms with van der Waals surface area (Å²) in [5, 5.41) is 6.90. The van der Waals surface area contributed by atoms with Crippen molar-refractivity contribution in [3.05, 3.63) is 64.1 Å². The number of carbonyl (C=O) groups excluding carboxylic acids is 1. The van der Waals surface area contributed by atoms with Gasteiger partial charge < -0.3 is 10.1 Å². The van der Waals surface area contributed by atoms with Gasteiger partial charge in [0.05, 0.1) is 13.2 Å². The Balaban J connectivity index is 2.16. The van der Waals surface area contributed by atoms with Gasteiger partial charge in [0.2, 0.25) is 0 Å². The van der Waals surface area contributed by atoms with Gasteiger partial charge in [0.15, 0.2) is 0 Å². The number of rotatable bonds is 6. The molecule has 0 saturated carbocycles. The first-order valence-corrected chi connectivity index (χ1v) is 7.02. The van der Waals surface area contributed by atoms with Crippen LogP contribution in [0.2, 0.25) is 0 Å². The summed E-state index contributed by atoms with van der Waals surface area (Å²) in [5.74, 6) is -0.327. The Bertz CT molecular complexity index is 683. The molecule has 22 heavy (non-hydrogen) atoms. The van der Waals surface area contributed by atoms with Gasteiger partial charge in [-0.25, -0.2) is 4.68 Å². The molecule has 116 valence electrons. The van der Waals surface area contributed by atoms with Gasteiger partial charge in [0, 0.05) is 19.2 Å². The first kappa shape index (κ1) is 15.9. The Kier molecular flexibility index (Phi) is 5.43. The molecule has 1 heterocycles. The van der Waals surface area contributed by atoms with Crippen molar-refractivity contribution in [1.29, 1.82) is 0 Å². The van der Waals surface area contributed by atoms with Crippen LogP contribution in [0, 0.1) is 0 Å². The zero-order valence-corrected chi connectivity index (χ0v) is 12.7. The van der Waals surface area contributed by atoms with E-state index in [2.05, 4.69) is 10.4 Å². The number of nitrogens with zero attached hydrogens (tertiary/aromatic N) is 2. The number of benzene rings is 1. The number of methoxy groups -OCH3 is 1. The van der Waals surface area contributed by atoms with Gasteiger partial charge in [0.1, 0.15) is 5.69 Å². The van der Waals surface area contributed by atoms with Gasteiger partial charge in [0.25, 0.3) is 11.5 Å². The van der Waals surface area contributed by atoms with E-state index in [9.17, 15) is 9.59 Å². The molecule has 0 aliphatic rings. The average Bonchev–Trinajstić information content (AvgIpc) is 2.50. The second-order valence-corrected chi connectivity index (χ2v) is 5.03. The van der Waals surface area contributed by atoms with Crippen LogP contribution >= 0.6 is 0 Å². The van der Waals surface area contributed by atoms with Gasteiger partial charge in [-0.1, -0.05) is 30.3 Å². The van der Waals surface area contributed by atoms with Crippen LogP contribution in [0.15, 0.2) is 47.3 Å². The quantitative estimate of drug-likeness (QED) is 0.866. The lowest BCUT2D eigenvalue weighted by atomic mass is 10.2. The van der Waals surface area contributed by atoms with E-state index in [1.165, 1.54) is 16.8 Å². The van der Waals surface area contributed by atoms with E-state index < -0.39 is 0 Å². The molecule has 2 rings (SSSR count). The number of hydrogen-bond donors (Lipinski definition) is 1. The molecule has 0 spiro atoms. The Morgan fingerprint density at radius 3 is 2.68 bits per heavy atom. The van der Waals surface area contributed by atoms with Crippen LogP contribution in [0.3, 0.4) is 0 Å². The molecule has 1 aromatic carbocycles. The van der Waals surface area contributed by atoms with Crippen LogP contribution in [0.25, 0.3) is 0 Å². The van der Waals surface area contributed by atoms with Gasteiger partial charge in [-0.2, -0.15) is 5.10 Å². The molecule has 1 amide bonds. The third-order valence-corrected chi connectivity index (χ3v) is 3.07. The van der Waals surface area contributed by atoms with Crippen LogP contribution in [0.5, 0.6) is 0 Å². The largest absolute Gasteiger partial charge is 0.383 e. The minimum atomic E-state index is -0.327. The molecule has 1 N–H and O–H groups in total. The third kappa shape index (κ3) is 4.26. The average molecular weight is 301 g/mol. The minimum absolute atomic E-state index is 0.131. The number of hydrogen-bond acceptors (Lipinski definition) is 4. The SMILES string of the molecule is COC[C@H](C)NC(=O)c1ccc(=O)n(Cc2ccccc2)n1. The van der Waals surface area contributed by atoms with E-state index in [0.29, 0.717) is 13.2 Å². The third-order valence-electron chi connectivity index (χ3n) is 3.07. The van der Waals surface area contributed by atoms with Crippen LogP contribution in [0.1, 0.15) is 23.0 Å². The summed E-state index contributed by atoms with van der Waals surface area (Å²) in [6.45, 7) is 2.57. The molecule has 0 bridgehead atoms. The molecule has 0 fully saturated rings. The number of ether oxygens (including phenoxy) is 1. The summed E-state index contributed by atoms with van der Waals surface area (Å²) in [7, 11) is 1.57. The van der Waals surface area contributed by atoms with E-state index in [-0.39, 0.29) is 23.2 Å². The van der Waals surface area contributed by atoms with Crippen LogP contribution in [-0.2, 0) is 11.3 Å². The van der Waals surface area contributed by atoms with Crippen molar-refractivity contribution in [3.63, 3.8) is 0 Å². The fraction of sp³-hybridized carbons (Fsp3) is 0.312. The lowest BCUT2D eigenvalue weighted by molar-refractivity contribution is 0.0898. The summed E-state index contributed by atoms with van der Waals surface area (Å²) in [5.41, 5.74) is 0.909. The molecule has 6 nitrogen and oxygen atoms in total. The lowest BCUT2D eigenvalue weighted by Gasteiger charge is -2.13. The van der Waals surface area contributed by atoms with Crippen LogP contribution in [0.4, 0.5) is 0 Å². The highest BCUT2D eigenvalue weighted by Crippen LogP contribution is 2.00. The predicted molar refractivity (Wildman–Crippen MR) is 82.8 cm³/mol. The summed E-state index contributed by atoms with van der Waals surface area (Å²) in [4.78, 5) is 24.0. The van der Waals surface area contributed by atoms with Crippen molar-refractivity contribution in [1.82, 2.24) is 15.1 Å². The number of aromatic nitrogens is 2. The molecule has 0 aliphatic heterocycles. The van der Waals surface area contributed by atoms with E-state index in [0.717, 1.165) is 5.56 Å². The standard InChI is InChI=1S/C16H19N3O3/c1-12(11-22-2)17-16(21)14-8-9-15(20)19(18-14)10-13-6-4-3-5-7-13/h3-9,12H,10-11H2,1-2H3,(H,17,21)/t12-/m0/s1. The molecule has 1 aromatic heterocycles. The molecule has 0 unspecified atom stereocenters. The second kappa shape index (κ2) is 7.51. The molecule has 0 aliphatic carbocycles. The van der Waals surface area contributed by atoms with Crippen molar-refractivity contribution < 1.29 is 9.53 Å². The second-order valence-electron chi connectivity index (χ2n) is 5.03. The predicted octanol–water partition coefficient (Wildman–Crippen LogP) is 1.06. The van der Waals surface area contributed by atoms with E-state index in [1.807, 2.05) is 37.3 Å². The Morgan fingerprint density at radius 1 is 1.27 bits per heavy atom. The highest BCUT2D eigenvalue weighted by atomic mass is 16.5. The Labute approximate surface area is 128 Å². The van der Waals surface area contributed by atoms with Crippen LogP contribution < -0.4 is 10.9 Å². The molecular formula is C16H19N3O3. The monoisotopic (exact) mass is 301 g/mol. The summed E-state index contributed by atoms with van der Waals surface area (Å²) >= 11 is 0. The Morgan fingerprint density at radius 2 is 2.00 bits per heavy atom. The van der Waals surface area contributed by atoms with Crippen LogP contribution in [-0.4, -0.2) is 35.4 Å². The van der Waals surface area contributed by atoms with Crippen molar-refractivity contribution in [2.24, 2.45) is 0 Å². The smallest absolute Gasteiger partial charge is 0.272 e. The number of nitrogens with one attached hydrogen (secondary N) is 1. The van der Waals surface area contributed by atoms with Crippen molar-refractivity contribution in [3.8, 4) is 0 Å². The fourth-order valence-electron chi connectivity index (χ4n) is 2.03.